The SMILES string of the molecule is COc1ccc(C(O)Cc2ccc(Cl)cc2Cl)cc1F. The van der Waals surface area contributed by atoms with Crippen LogP contribution in [0, 0.1) is 5.82 Å². The van der Waals surface area contributed by atoms with Crippen LogP contribution in [0.2, 0.25) is 10.0 Å². The molecule has 1 unspecified atom stereocenters. The second-order valence-electron chi connectivity index (χ2n) is 4.35. The Morgan fingerprint density at radius 1 is 1.20 bits per heavy atom. The zero-order valence-corrected chi connectivity index (χ0v) is 12.2. The van der Waals surface area contributed by atoms with Gasteiger partial charge < -0.3 is 9.84 Å². The third-order valence-electron chi connectivity index (χ3n) is 2.99. The Labute approximate surface area is 126 Å². The molecule has 1 N–H and O–H groups in total. The second-order valence-corrected chi connectivity index (χ2v) is 5.19. The maximum atomic E-state index is 13.6. The molecule has 0 aliphatic rings. The first kappa shape index (κ1) is 15.1. The molecule has 2 rings (SSSR count). The molecule has 0 heterocycles. The molecule has 0 saturated carbocycles. The van der Waals surface area contributed by atoms with Crippen molar-refractivity contribution >= 4 is 23.2 Å². The summed E-state index contributed by atoms with van der Waals surface area (Å²) in [5, 5.41) is 11.2. The molecule has 5 heteroatoms. The van der Waals surface area contributed by atoms with Crippen LogP contribution in [-0.4, -0.2) is 12.2 Å². The van der Waals surface area contributed by atoms with Gasteiger partial charge in [-0.2, -0.15) is 0 Å². The lowest BCUT2D eigenvalue weighted by molar-refractivity contribution is 0.178. The van der Waals surface area contributed by atoms with Gasteiger partial charge in [-0.3, -0.25) is 0 Å². The van der Waals surface area contributed by atoms with Gasteiger partial charge in [0.1, 0.15) is 0 Å². The Balaban J connectivity index is 2.19. The molecule has 0 aliphatic carbocycles. The van der Waals surface area contributed by atoms with Gasteiger partial charge in [0.15, 0.2) is 11.6 Å². The van der Waals surface area contributed by atoms with Gasteiger partial charge in [0.05, 0.1) is 13.2 Å². The largest absolute Gasteiger partial charge is 0.494 e. The van der Waals surface area contributed by atoms with Gasteiger partial charge in [-0.1, -0.05) is 35.3 Å². The first-order chi connectivity index (χ1) is 9.51. The predicted octanol–water partition coefficient (Wildman–Crippen LogP) is 4.42. The summed E-state index contributed by atoms with van der Waals surface area (Å²) < 4.78 is 18.4. The molecule has 0 fully saturated rings. The molecule has 1 atom stereocenters. The van der Waals surface area contributed by atoms with E-state index < -0.39 is 11.9 Å². The first-order valence-corrected chi connectivity index (χ1v) is 6.72. The van der Waals surface area contributed by atoms with E-state index in [9.17, 15) is 9.50 Å². The van der Waals surface area contributed by atoms with Crippen LogP contribution in [-0.2, 0) is 6.42 Å². The molecule has 0 amide bonds. The van der Waals surface area contributed by atoms with Crippen LogP contribution < -0.4 is 4.74 Å². The summed E-state index contributed by atoms with van der Waals surface area (Å²) in [4.78, 5) is 0. The lowest BCUT2D eigenvalue weighted by atomic mass is 10.0. The maximum absolute atomic E-state index is 13.6. The average molecular weight is 315 g/mol. The van der Waals surface area contributed by atoms with Crippen molar-refractivity contribution in [3.63, 3.8) is 0 Å². The summed E-state index contributed by atoms with van der Waals surface area (Å²) in [6, 6.07) is 9.42. The molecule has 2 aromatic rings. The van der Waals surface area contributed by atoms with Gasteiger partial charge in [0, 0.05) is 16.5 Å². The van der Waals surface area contributed by atoms with Crippen molar-refractivity contribution in [2.75, 3.05) is 7.11 Å². The van der Waals surface area contributed by atoms with E-state index in [4.69, 9.17) is 27.9 Å². The fraction of sp³-hybridized carbons (Fsp3) is 0.200. The van der Waals surface area contributed by atoms with Crippen molar-refractivity contribution < 1.29 is 14.2 Å². The van der Waals surface area contributed by atoms with E-state index in [0.717, 1.165) is 5.56 Å². The topological polar surface area (TPSA) is 29.5 Å². The molecule has 20 heavy (non-hydrogen) atoms. The number of aliphatic hydroxyl groups is 1. The second kappa shape index (κ2) is 6.44. The molecule has 0 spiro atoms. The number of ether oxygens (including phenoxy) is 1. The maximum Gasteiger partial charge on any atom is 0.165 e. The van der Waals surface area contributed by atoms with Crippen LogP contribution in [0.3, 0.4) is 0 Å². The number of rotatable bonds is 4. The third-order valence-corrected chi connectivity index (χ3v) is 3.58. The summed E-state index contributed by atoms with van der Waals surface area (Å²) in [5.41, 5.74) is 1.22. The Bertz CT molecular complexity index is 617. The minimum absolute atomic E-state index is 0.144. The van der Waals surface area contributed by atoms with Gasteiger partial charge in [0.25, 0.3) is 0 Å². The highest BCUT2D eigenvalue weighted by Gasteiger charge is 2.13. The number of benzene rings is 2. The van der Waals surface area contributed by atoms with E-state index >= 15 is 0 Å². The van der Waals surface area contributed by atoms with Crippen LogP contribution in [0.4, 0.5) is 4.39 Å². The highest BCUT2D eigenvalue weighted by molar-refractivity contribution is 6.35. The quantitative estimate of drug-likeness (QED) is 0.905. The Kier molecular flexibility index (Phi) is 4.86. The van der Waals surface area contributed by atoms with Crippen molar-refractivity contribution in [3.05, 3.63) is 63.4 Å². The molecule has 2 aromatic carbocycles. The highest BCUT2D eigenvalue weighted by atomic mass is 35.5. The van der Waals surface area contributed by atoms with Gasteiger partial charge in [0.2, 0.25) is 0 Å². The normalized spacial score (nSPS) is 12.2. The first-order valence-electron chi connectivity index (χ1n) is 5.96. The van der Waals surface area contributed by atoms with Gasteiger partial charge in [-0.05, 0) is 35.4 Å². The fourth-order valence-corrected chi connectivity index (χ4v) is 2.39. The number of hydrogen-bond donors (Lipinski definition) is 1. The van der Waals surface area contributed by atoms with E-state index in [1.807, 2.05) is 0 Å². The minimum Gasteiger partial charge on any atom is -0.494 e. The summed E-state index contributed by atoms with van der Waals surface area (Å²) in [5.74, 6) is -0.364. The average Bonchev–Trinajstić information content (AvgIpc) is 2.41. The summed E-state index contributed by atoms with van der Waals surface area (Å²) in [6.45, 7) is 0. The lowest BCUT2D eigenvalue weighted by Gasteiger charge is -2.13. The van der Waals surface area contributed by atoms with Crippen molar-refractivity contribution in [3.8, 4) is 5.75 Å². The summed E-state index contributed by atoms with van der Waals surface area (Å²) in [6.07, 6.45) is -0.573. The summed E-state index contributed by atoms with van der Waals surface area (Å²) in [7, 11) is 1.39. The lowest BCUT2D eigenvalue weighted by Crippen LogP contribution is -2.03. The molecular weight excluding hydrogens is 302 g/mol. The molecule has 0 radical (unpaired) electrons. The zero-order valence-electron chi connectivity index (χ0n) is 10.7. The van der Waals surface area contributed by atoms with Crippen molar-refractivity contribution in [2.24, 2.45) is 0 Å². The predicted molar refractivity (Wildman–Crippen MR) is 78.1 cm³/mol. The van der Waals surface area contributed by atoms with Crippen LogP contribution in [0.1, 0.15) is 17.2 Å². The fourth-order valence-electron chi connectivity index (χ4n) is 1.90. The molecule has 0 saturated heterocycles. The number of hydrogen-bond acceptors (Lipinski definition) is 2. The van der Waals surface area contributed by atoms with E-state index in [2.05, 4.69) is 0 Å². The van der Waals surface area contributed by atoms with Crippen LogP contribution in [0.15, 0.2) is 36.4 Å². The highest BCUT2D eigenvalue weighted by Crippen LogP contribution is 2.28. The van der Waals surface area contributed by atoms with E-state index in [1.165, 1.54) is 19.2 Å². The van der Waals surface area contributed by atoms with Gasteiger partial charge in [-0.25, -0.2) is 4.39 Å². The number of halogens is 3. The smallest absolute Gasteiger partial charge is 0.165 e. The molecule has 2 nitrogen and oxygen atoms in total. The van der Waals surface area contributed by atoms with Crippen LogP contribution in [0.5, 0.6) is 5.75 Å². The van der Waals surface area contributed by atoms with Gasteiger partial charge in [-0.15, -0.1) is 0 Å². The van der Waals surface area contributed by atoms with Crippen LogP contribution >= 0.6 is 23.2 Å². The third kappa shape index (κ3) is 3.42. The minimum atomic E-state index is -0.853. The van der Waals surface area contributed by atoms with E-state index in [-0.39, 0.29) is 12.2 Å². The standard InChI is InChI=1S/C15H13Cl2FO2/c1-20-15-5-3-10(6-13(15)18)14(19)7-9-2-4-11(16)8-12(9)17/h2-6,8,14,19H,7H2,1H3. The van der Waals surface area contributed by atoms with E-state index in [1.54, 1.807) is 24.3 Å². The molecule has 0 aromatic heterocycles. The molecule has 106 valence electrons. The Hall–Kier alpha value is -1.29. The Morgan fingerprint density at radius 2 is 1.95 bits per heavy atom. The van der Waals surface area contributed by atoms with Crippen LogP contribution in [0.25, 0.3) is 0 Å². The van der Waals surface area contributed by atoms with Crippen molar-refractivity contribution in [1.29, 1.82) is 0 Å². The summed E-state index contributed by atoms with van der Waals surface area (Å²) >= 11 is 11.9. The van der Waals surface area contributed by atoms with Gasteiger partial charge >= 0.3 is 0 Å². The van der Waals surface area contributed by atoms with Crippen molar-refractivity contribution in [2.45, 2.75) is 12.5 Å². The number of aliphatic hydroxyl groups excluding tert-OH is 1. The molecule has 0 bridgehead atoms. The molecule has 0 aliphatic heterocycles. The number of methoxy groups -OCH3 is 1. The van der Waals surface area contributed by atoms with E-state index in [0.29, 0.717) is 15.6 Å². The molecular formula is C15H13Cl2FO2. The van der Waals surface area contributed by atoms with Crippen molar-refractivity contribution in [1.82, 2.24) is 0 Å². The Morgan fingerprint density at radius 3 is 2.55 bits per heavy atom. The monoisotopic (exact) mass is 314 g/mol. The zero-order chi connectivity index (χ0) is 14.7.